The molecule has 0 unspecified atom stereocenters. The van der Waals surface area contributed by atoms with Crippen LogP contribution in [0.2, 0.25) is 0 Å². The molecule has 0 saturated heterocycles. The van der Waals surface area contributed by atoms with E-state index in [9.17, 15) is 14.8 Å². The summed E-state index contributed by atoms with van der Waals surface area (Å²) >= 11 is 2.04. The Kier molecular flexibility index (Phi) is 9.11. The van der Waals surface area contributed by atoms with Crippen LogP contribution < -0.4 is 10.3 Å². The maximum absolute atomic E-state index is 13.7. The minimum absolute atomic E-state index is 0.0286. The van der Waals surface area contributed by atoms with Crippen LogP contribution in [-0.2, 0) is 4.79 Å². The molecule has 39 heavy (non-hydrogen) atoms. The maximum Gasteiger partial charge on any atom is 0.254 e. The van der Waals surface area contributed by atoms with Crippen LogP contribution in [0.3, 0.4) is 0 Å². The Balaban J connectivity index is 1.87. The summed E-state index contributed by atoms with van der Waals surface area (Å²) in [5, 5.41) is 14.0. The molecule has 1 N–H and O–H groups in total. The zero-order valence-corrected chi connectivity index (χ0v) is 24.8. The SMILES string of the molecule is CCN(CC)c1ccc2c(-c3ccccc3C(=O)N(C)CCN(C)C(=O)CI)c3ccc(=NO)cc-3oc2c1. The van der Waals surface area contributed by atoms with Gasteiger partial charge in [-0.3, -0.25) is 9.59 Å². The largest absolute Gasteiger partial charge is 0.456 e. The summed E-state index contributed by atoms with van der Waals surface area (Å²) in [4.78, 5) is 31.2. The van der Waals surface area contributed by atoms with E-state index in [4.69, 9.17) is 4.42 Å². The fourth-order valence-corrected chi connectivity index (χ4v) is 5.31. The highest BCUT2D eigenvalue weighted by atomic mass is 127. The van der Waals surface area contributed by atoms with Gasteiger partial charge in [0.1, 0.15) is 16.7 Å². The lowest BCUT2D eigenvalue weighted by Crippen LogP contribution is -2.37. The summed E-state index contributed by atoms with van der Waals surface area (Å²) in [7, 11) is 3.50. The van der Waals surface area contributed by atoms with Crippen LogP contribution >= 0.6 is 22.6 Å². The van der Waals surface area contributed by atoms with E-state index in [0.717, 1.165) is 40.9 Å². The van der Waals surface area contributed by atoms with Crippen molar-refractivity contribution in [2.45, 2.75) is 13.8 Å². The monoisotopic (exact) mass is 640 g/mol. The Labute approximate surface area is 242 Å². The molecule has 1 aliphatic heterocycles. The number of carbonyl (C=O) groups excluding carboxylic acids is 2. The Hall–Kier alpha value is -3.60. The third-order valence-electron chi connectivity index (χ3n) is 7.02. The van der Waals surface area contributed by atoms with Crippen molar-refractivity contribution in [1.82, 2.24) is 9.80 Å². The van der Waals surface area contributed by atoms with Crippen LogP contribution in [0.1, 0.15) is 24.2 Å². The molecule has 2 amide bonds. The van der Waals surface area contributed by atoms with Crippen LogP contribution in [0.15, 0.2) is 70.2 Å². The first kappa shape index (κ1) is 28.4. The van der Waals surface area contributed by atoms with E-state index in [0.29, 0.717) is 39.8 Å². The molecule has 2 aromatic carbocycles. The van der Waals surface area contributed by atoms with Crippen LogP contribution in [0.5, 0.6) is 0 Å². The quantitative estimate of drug-likeness (QED) is 0.0882. The van der Waals surface area contributed by atoms with Gasteiger partial charge in [-0.05, 0) is 49.7 Å². The molecule has 0 spiro atoms. The smallest absolute Gasteiger partial charge is 0.254 e. The van der Waals surface area contributed by atoms with Gasteiger partial charge in [0.05, 0.1) is 4.43 Å². The lowest BCUT2D eigenvalue weighted by molar-refractivity contribution is -0.126. The number of anilines is 1. The second kappa shape index (κ2) is 12.5. The summed E-state index contributed by atoms with van der Waals surface area (Å²) in [5.74, 6) is 0.449. The van der Waals surface area contributed by atoms with Crippen molar-refractivity contribution >= 4 is 51.1 Å². The van der Waals surface area contributed by atoms with E-state index in [2.05, 4.69) is 30.0 Å². The summed E-state index contributed by atoms with van der Waals surface area (Å²) in [6.45, 7) is 6.80. The lowest BCUT2D eigenvalue weighted by Gasteiger charge is -2.24. The fraction of sp³-hybridized carbons (Fsp3) is 0.300. The number of carbonyl (C=O) groups is 2. The second-order valence-corrected chi connectivity index (χ2v) is 10.1. The zero-order chi connectivity index (χ0) is 28.1. The number of nitrogens with zero attached hydrogens (tertiary/aromatic N) is 4. The predicted octanol–water partition coefficient (Wildman–Crippen LogP) is 5.31. The summed E-state index contributed by atoms with van der Waals surface area (Å²) < 4.78 is 6.74. The Morgan fingerprint density at radius 1 is 0.923 bits per heavy atom. The summed E-state index contributed by atoms with van der Waals surface area (Å²) in [6, 6.07) is 19.0. The Morgan fingerprint density at radius 2 is 1.64 bits per heavy atom. The van der Waals surface area contributed by atoms with Gasteiger partial charge in [-0.25, -0.2) is 0 Å². The molecule has 0 aromatic heterocycles. The molecule has 8 nitrogen and oxygen atoms in total. The predicted molar refractivity (Wildman–Crippen MR) is 163 cm³/mol. The van der Waals surface area contributed by atoms with Gasteiger partial charge < -0.3 is 24.3 Å². The van der Waals surface area contributed by atoms with E-state index < -0.39 is 0 Å². The number of rotatable bonds is 9. The number of fused-ring (bicyclic) bond motifs is 2. The van der Waals surface area contributed by atoms with E-state index in [1.807, 2.05) is 65.1 Å². The molecule has 4 rings (SSSR count). The molecule has 0 radical (unpaired) electrons. The number of hydrogen-bond donors (Lipinski definition) is 1. The number of amides is 2. The molecule has 204 valence electrons. The average molecular weight is 641 g/mol. The van der Waals surface area contributed by atoms with Crippen LogP contribution in [-0.4, -0.2) is 71.5 Å². The normalized spacial score (nSPS) is 11.7. The van der Waals surface area contributed by atoms with Gasteiger partial charge in [0.15, 0.2) is 0 Å². The summed E-state index contributed by atoms with van der Waals surface area (Å²) in [6.07, 6.45) is 0. The van der Waals surface area contributed by atoms with Crippen molar-refractivity contribution < 1.29 is 19.2 Å². The molecule has 0 saturated carbocycles. The average Bonchev–Trinajstić information content (AvgIpc) is 2.97. The van der Waals surface area contributed by atoms with Crippen LogP contribution in [0.25, 0.3) is 33.4 Å². The van der Waals surface area contributed by atoms with E-state index >= 15 is 0 Å². The van der Waals surface area contributed by atoms with Gasteiger partial charge in [0, 0.05) is 80.2 Å². The fourth-order valence-electron chi connectivity index (χ4n) is 4.73. The second-order valence-electron chi connectivity index (χ2n) is 9.33. The van der Waals surface area contributed by atoms with Crippen molar-refractivity contribution in [1.29, 1.82) is 0 Å². The third-order valence-corrected chi connectivity index (χ3v) is 7.67. The molecule has 2 aliphatic rings. The van der Waals surface area contributed by atoms with Gasteiger partial charge in [0.25, 0.3) is 5.91 Å². The summed E-state index contributed by atoms with van der Waals surface area (Å²) in [5.41, 5.74) is 4.73. The van der Waals surface area contributed by atoms with Crippen molar-refractivity contribution in [3.63, 3.8) is 0 Å². The number of alkyl halides is 1. The highest BCUT2D eigenvalue weighted by Crippen LogP contribution is 2.42. The van der Waals surface area contributed by atoms with Gasteiger partial charge in [0.2, 0.25) is 5.91 Å². The standard InChI is InChI=1S/C30H33IN4O4/c1-5-35(6-2)21-12-14-25-27(18-21)39-26-17-20(32-38)11-13-24(26)29(25)22-9-7-8-10-23(22)30(37)34(4)16-15-33(3)28(36)19-31/h7-14,17-18,38H,5-6,15-16,19H2,1-4H3. The molecule has 9 heteroatoms. The molecular weight excluding hydrogens is 607 g/mol. The number of halogens is 1. The van der Waals surface area contributed by atoms with Crippen molar-refractivity contribution in [2.75, 3.05) is 49.6 Å². The van der Waals surface area contributed by atoms with Crippen molar-refractivity contribution in [3.05, 3.63) is 71.6 Å². The van der Waals surface area contributed by atoms with E-state index in [1.165, 1.54) is 0 Å². The molecule has 1 heterocycles. The van der Waals surface area contributed by atoms with Crippen LogP contribution in [0, 0.1) is 0 Å². The third kappa shape index (κ3) is 5.88. The maximum atomic E-state index is 13.7. The molecule has 0 fully saturated rings. The highest BCUT2D eigenvalue weighted by Gasteiger charge is 2.23. The van der Waals surface area contributed by atoms with Crippen LogP contribution in [0.4, 0.5) is 5.69 Å². The van der Waals surface area contributed by atoms with Gasteiger partial charge in [-0.1, -0.05) is 45.9 Å². The molecule has 0 atom stereocenters. The minimum Gasteiger partial charge on any atom is -0.456 e. The first-order valence-electron chi connectivity index (χ1n) is 12.9. The van der Waals surface area contributed by atoms with Gasteiger partial charge in [-0.15, -0.1) is 0 Å². The highest BCUT2D eigenvalue weighted by molar-refractivity contribution is 14.1. The minimum atomic E-state index is -0.134. The molecular formula is C30H33IN4O4. The Morgan fingerprint density at radius 3 is 2.33 bits per heavy atom. The van der Waals surface area contributed by atoms with Gasteiger partial charge >= 0.3 is 0 Å². The zero-order valence-electron chi connectivity index (χ0n) is 22.6. The first-order valence-corrected chi connectivity index (χ1v) is 14.4. The van der Waals surface area contributed by atoms with Gasteiger partial charge in [-0.2, -0.15) is 0 Å². The molecule has 1 aliphatic carbocycles. The topological polar surface area (TPSA) is 89.6 Å². The van der Waals surface area contributed by atoms with E-state index in [1.54, 1.807) is 36.0 Å². The molecule has 0 bridgehead atoms. The first-order chi connectivity index (χ1) is 18.8. The number of likely N-dealkylation sites (N-methyl/N-ethyl adjacent to an activating group) is 2. The number of hydrogen-bond acceptors (Lipinski definition) is 6. The van der Waals surface area contributed by atoms with Crippen molar-refractivity contribution in [2.24, 2.45) is 5.16 Å². The molecule has 2 aromatic rings. The van der Waals surface area contributed by atoms with E-state index in [-0.39, 0.29) is 11.8 Å². The lowest BCUT2D eigenvalue weighted by atomic mass is 9.90. The van der Waals surface area contributed by atoms with Crippen molar-refractivity contribution in [3.8, 4) is 22.5 Å². The Bertz CT molecular complexity index is 1530. The number of benzene rings is 3.